The van der Waals surface area contributed by atoms with Gasteiger partial charge in [-0.05, 0) is 55.1 Å². The van der Waals surface area contributed by atoms with Gasteiger partial charge in [0.05, 0.1) is 22.1 Å². The molecule has 0 aliphatic carbocycles. The van der Waals surface area contributed by atoms with Gasteiger partial charge >= 0.3 is 0 Å². The lowest BCUT2D eigenvalue weighted by Gasteiger charge is -2.12. The summed E-state index contributed by atoms with van der Waals surface area (Å²) in [5, 5.41) is 23.1. The maximum atomic E-state index is 13.1. The Balaban J connectivity index is 1.76. The number of halogens is 1. The molecule has 0 unspecified atom stereocenters. The number of nitrogens with zero attached hydrogens (tertiary/aromatic N) is 2. The fourth-order valence-electron chi connectivity index (χ4n) is 3.73. The van der Waals surface area contributed by atoms with Crippen LogP contribution in [0.1, 0.15) is 22.8 Å². The van der Waals surface area contributed by atoms with Gasteiger partial charge in [0.1, 0.15) is 17.1 Å². The lowest BCUT2D eigenvalue weighted by Crippen LogP contribution is -2.12. The van der Waals surface area contributed by atoms with Crippen LogP contribution in [0.4, 0.5) is 17.1 Å². The first-order chi connectivity index (χ1) is 17.6. The highest BCUT2D eigenvalue weighted by Crippen LogP contribution is 2.40. The van der Waals surface area contributed by atoms with Crippen molar-refractivity contribution < 1.29 is 27.6 Å². The van der Waals surface area contributed by atoms with Crippen LogP contribution in [-0.4, -0.2) is 30.6 Å². The monoisotopic (exact) mass is 539 g/mol. The van der Waals surface area contributed by atoms with Gasteiger partial charge in [-0.15, -0.1) is 10.2 Å². The van der Waals surface area contributed by atoms with Crippen LogP contribution in [0.3, 0.4) is 0 Å². The van der Waals surface area contributed by atoms with E-state index in [0.717, 1.165) is 6.07 Å². The number of carbonyl (C=O) groups is 1. The Bertz CT molecular complexity index is 1650. The quantitative estimate of drug-likeness (QED) is 0.174. The van der Waals surface area contributed by atoms with Crippen molar-refractivity contribution in [2.75, 3.05) is 11.9 Å². The predicted octanol–water partition coefficient (Wildman–Crippen LogP) is 6.82. The molecule has 11 heteroatoms. The van der Waals surface area contributed by atoms with Gasteiger partial charge in [-0.3, -0.25) is 9.35 Å². The highest BCUT2D eigenvalue weighted by Gasteiger charge is 2.20. The van der Waals surface area contributed by atoms with Crippen LogP contribution >= 0.6 is 11.6 Å². The standard InChI is InChI=1S/C26H22ClN3O6S/c1-3-36-18-9-6-8-17(13-18)28-26(32)20-12-16-7-4-5-10-19(16)24(25(20)31)30-29-22-11-15(2)23(14-21(22)27)37(33,34)35/h4-14,31H,3H2,1-2H3,(H,28,32)(H,33,34,35). The van der Waals surface area contributed by atoms with Crippen molar-refractivity contribution in [3.8, 4) is 11.5 Å². The maximum absolute atomic E-state index is 13.1. The molecule has 37 heavy (non-hydrogen) atoms. The highest BCUT2D eigenvalue weighted by atomic mass is 35.5. The van der Waals surface area contributed by atoms with Crippen LogP contribution in [0.5, 0.6) is 11.5 Å². The van der Waals surface area contributed by atoms with E-state index in [0.29, 0.717) is 28.8 Å². The Hall–Kier alpha value is -3.99. The normalized spacial score (nSPS) is 11.7. The van der Waals surface area contributed by atoms with Crippen LogP contribution in [0, 0.1) is 6.92 Å². The third kappa shape index (κ3) is 5.72. The van der Waals surface area contributed by atoms with Crippen molar-refractivity contribution >= 4 is 55.5 Å². The van der Waals surface area contributed by atoms with E-state index >= 15 is 0 Å². The third-order valence-electron chi connectivity index (χ3n) is 5.42. The molecule has 0 fully saturated rings. The van der Waals surface area contributed by atoms with Crippen LogP contribution in [0.15, 0.2) is 81.9 Å². The predicted molar refractivity (Wildman–Crippen MR) is 141 cm³/mol. The van der Waals surface area contributed by atoms with Gasteiger partial charge in [-0.1, -0.05) is 41.9 Å². The summed E-state index contributed by atoms with van der Waals surface area (Å²) in [5.41, 5.74) is 0.792. The number of hydrogen-bond donors (Lipinski definition) is 3. The number of carbonyl (C=O) groups excluding carboxylic acids is 1. The number of benzene rings is 4. The van der Waals surface area contributed by atoms with E-state index in [1.807, 2.05) is 6.92 Å². The van der Waals surface area contributed by atoms with Crippen LogP contribution < -0.4 is 10.1 Å². The number of aromatic hydroxyl groups is 1. The molecule has 4 aromatic rings. The number of aryl methyl sites for hydroxylation is 1. The number of amides is 1. The number of phenols is 1. The summed E-state index contributed by atoms with van der Waals surface area (Å²) in [4.78, 5) is 12.8. The van der Waals surface area contributed by atoms with Gasteiger partial charge in [0.2, 0.25) is 0 Å². The molecule has 9 nitrogen and oxygen atoms in total. The molecule has 4 aromatic carbocycles. The Kier molecular flexibility index (Phi) is 7.44. The molecule has 0 aliphatic heterocycles. The van der Waals surface area contributed by atoms with Gasteiger partial charge in [-0.25, -0.2) is 0 Å². The summed E-state index contributed by atoms with van der Waals surface area (Å²) in [6.07, 6.45) is 0. The van der Waals surface area contributed by atoms with Gasteiger partial charge in [0.15, 0.2) is 5.75 Å². The zero-order chi connectivity index (χ0) is 26.7. The lowest BCUT2D eigenvalue weighted by atomic mass is 10.0. The summed E-state index contributed by atoms with van der Waals surface area (Å²) in [6.45, 7) is 3.79. The SMILES string of the molecule is CCOc1cccc(NC(=O)c2cc3ccccc3c(N=Nc3cc(C)c(S(=O)(=O)O)cc3Cl)c2O)c1. The van der Waals surface area contributed by atoms with E-state index < -0.39 is 21.8 Å². The topological polar surface area (TPSA) is 138 Å². The highest BCUT2D eigenvalue weighted by molar-refractivity contribution is 7.85. The first-order valence-corrected chi connectivity index (χ1v) is 12.9. The number of ether oxygens (including phenoxy) is 1. The van der Waals surface area contributed by atoms with E-state index in [4.69, 9.17) is 16.3 Å². The van der Waals surface area contributed by atoms with Crippen molar-refractivity contribution in [2.45, 2.75) is 18.7 Å². The smallest absolute Gasteiger partial charge is 0.294 e. The Morgan fingerprint density at radius 2 is 1.81 bits per heavy atom. The van der Waals surface area contributed by atoms with Gasteiger partial charge < -0.3 is 15.2 Å². The summed E-state index contributed by atoms with van der Waals surface area (Å²) in [7, 11) is -4.47. The van der Waals surface area contributed by atoms with E-state index in [1.54, 1.807) is 54.6 Å². The fourth-order valence-corrected chi connectivity index (χ4v) is 4.73. The number of anilines is 1. The number of fused-ring (bicyclic) bond motifs is 1. The second-order valence-electron chi connectivity index (χ2n) is 8.00. The second-order valence-corrected chi connectivity index (χ2v) is 9.80. The van der Waals surface area contributed by atoms with Crippen molar-refractivity contribution in [3.05, 3.63) is 82.9 Å². The van der Waals surface area contributed by atoms with E-state index in [2.05, 4.69) is 15.5 Å². The maximum Gasteiger partial charge on any atom is 0.294 e. The number of hydrogen-bond acceptors (Lipinski definition) is 7. The van der Waals surface area contributed by atoms with E-state index in [-0.39, 0.29) is 32.4 Å². The summed E-state index contributed by atoms with van der Waals surface area (Å²) >= 11 is 6.17. The van der Waals surface area contributed by atoms with Crippen LogP contribution in [-0.2, 0) is 10.1 Å². The molecule has 1 amide bonds. The van der Waals surface area contributed by atoms with Crippen molar-refractivity contribution in [1.82, 2.24) is 0 Å². The zero-order valence-electron chi connectivity index (χ0n) is 19.8. The molecule has 3 N–H and O–H groups in total. The molecular formula is C26H22ClN3O6S. The molecule has 0 atom stereocenters. The van der Waals surface area contributed by atoms with Crippen molar-refractivity contribution in [3.63, 3.8) is 0 Å². The number of nitrogens with one attached hydrogen (secondary N) is 1. The molecule has 0 spiro atoms. The number of azo groups is 1. The van der Waals surface area contributed by atoms with E-state index in [9.17, 15) is 22.9 Å². The minimum atomic E-state index is -4.47. The fraction of sp³-hybridized carbons (Fsp3) is 0.115. The lowest BCUT2D eigenvalue weighted by molar-refractivity contribution is 0.102. The Morgan fingerprint density at radius 1 is 1.05 bits per heavy atom. The summed E-state index contributed by atoms with van der Waals surface area (Å²) < 4.78 is 37.9. The molecule has 0 aliphatic rings. The minimum Gasteiger partial charge on any atom is -0.505 e. The average Bonchev–Trinajstić information content (AvgIpc) is 2.84. The summed E-state index contributed by atoms with van der Waals surface area (Å²) in [6, 6.07) is 17.8. The Labute approximate surface area is 218 Å². The average molecular weight is 540 g/mol. The second kappa shape index (κ2) is 10.6. The zero-order valence-corrected chi connectivity index (χ0v) is 21.3. The van der Waals surface area contributed by atoms with Crippen molar-refractivity contribution in [1.29, 1.82) is 0 Å². The van der Waals surface area contributed by atoms with Crippen molar-refractivity contribution in [2.24, 2.45) is 10.2 Å². The van der Waals surface area contributed by atoms with E-state index in [1.165, 1.54) is 13.0 Å². The molecule has 4 rings (SSSR count). The molecule has 0 radical (unpaired) electrons. The molecule has 0 saturated heterocycles. The molecule has 0 aromatic heterocycles. The molecule has 190 valence electrons. The largest absolute Gasteiger partial charge is 0.505 e. The minimum absolute atomic E-state index is 0.0268. The molecule has 0 saturated carbocycles. The van der Waals surface area contributed by atoms with Crippen LogP contribution in [0.25, 0.3) is 10.8 Å². The number of phenolic OH excluding ortho intramolecular Hbond substituents is 1. The molecular weight excluding hydrogens is 518 g/mol. The third-order valence-corrected chi connectivity index (χ3v) is 6.72. The first-order valence-electron chi connectivity index (χ1n) is 11.1. The summed E-state index contributed by atoms with van der Waals surface area (Å²) in [5.74, 6) is -0.382. The molecule has 0 bridgehead atoms. The van der Waals surface area contributed by atoms with Crippen LogP contribution in [0.2, 0.25) is 5.02 Å². The van der Waals surface area contributed by atoms with Gasteiger partial charge in [0.25, 0.3) is 16.0 Å². The Morgan fingerprint density at radius 3 is 2.54 bits per heavy atom. The van der Waals surface area contributed by atoms with Gasteiger partial charge in [0, 0.05) is 17.1 Å². The number of rotatable bonds is 7. The van der Waals surface area contributed by atoms with Gasteiger partial charge in [-0.2, -0.15) is 8.42 Å². The first kappa shape index (κ1) is 26.1. The molecule has 0 heterocycles.